The van der Waals surface area contributed by atoms with Crippen molar-refractivity contribution in [3.05, 3.63) is 125 Å². The van der Waals surface area contributed by atoms with Gasteiger partial charge in [0.1, 0.15) is 5.60 Å². The fourth-order valence-corrected chi connectivity index (χ4v) is 7.07. The Morgan fingerprint density at radius 2 is 1.22 bits per heavy atom. The zero-order chi connectivity index (χ0) is 40.7. The third-order valence-electron chi connectivity index (χ3n) is 7.81. The Balaban J connectivity index is 0.000000233. The maximum absolute atomic E-state index is 13.1. The number of esters is 1. The first-order chi connectivity index (χ1) is 25.7. The van der Waals surface area contributed by atoms with Crippen LogP contribution in [0.2, 0.25) is 10.0 Å². The van der Waals surface area contributed by atoms with E-state index in [1.807, 2.05) is 74.8 Å². The smallest absolute Gasteiger partial charge is 0.373 e. The van der Waals surface area contributed by atoms with E-state index < -0.39 is 37.7 Å². The van der Waals surface area contributed by atoms with Crippen molar-refractivity contribution in [1.29, 1.82) is 0 Å². The van der Waals surface area contributed by atoms with E-state index in [-0.39, 0.29) is 12.2 Å². The number of fused-ring (bicyclic) bond motifs is 2. The molecule has 0 fully saturated rings. The Morgan fingerprint density at radius 1 is 0.745 bits per heavy atom. The van der Waals surface area contributed by atoms with Crippen molar-refractivity contribution in [3.8, 4) is 0 Å². The number of halogens is 2. The zero-order valence-corrected chi connectivity index (χ0v) is 33.8. The molecule has 4 aromatic carbocycles. The third-order valence-corrected chi connectivity index (χ3v) is 9.49. The molecule has 55 heavy (non-hydrogen) atoms. The molecule has 6 aromatic rings. The second kappa shape index (κ2) is 17.5. The van der Waals surface area contributed by atoms with Gasteiger partial charge in [0.2, 0.25) is 20.0 Å². The first-order valence-electron chi connectivity index (χ1n) is 16.5. The van der Waals surface area contributed by atoms with E-state index in [9.17, 15) is 21.6 Å². The highest BCUT2D eigenvalue weighted by Gasteiger charge is 2.29. The second-order valence-corrected chi connectivity index (χ2v) is 17.7. The molecule has 0 saturated heterocycles. The molecule has 0 radical (unpaired) electrons. The number of aromatic nitrogens is 3. The van der Waals surface area contributed by atoms with Crippen molar-refractivity contribution < 1.29 is 36.0 Å². The number of nitrogens with zero attached hydrogens (tertiary/aromatic N) is 3. The van der Waals surface area contributed by atoms with Gasteiger partial charge < -0.3 is 9.30 Å². The molecule has 6 rings (SSSR count). The Bertz CT molecular complexity index is 2540. The van der Waals surface area contributed by atoms with Gasteiger partial charge in [-0.15, -0.1) is 0 Å². The summed E-state index contributed by atoms with van der Waals surface area (Å²) in [6, 6.07) is 26.3. The highest BCUT2D eigenvalue weighted by Crippen LogP contribution is 2.33. The molecule has 0 saturated carbocycles. The lowest BCUT2D eigenvalue weighted by atomic mass is 10.1. The van der Waals surface area contributed by atoms with Gasteiger partial charge in [0.15, 0.2) is 6.04 Å². The molecule has 0 amide bonds. The van der Waals surface area contributed by atoms with Gasteiger partial charge in [-0.05, 0) is 93.4 Å². The summed E-state index contributed by atoms with van der Waals surface area (Å²) in [5.41, 5.74) is 3.66. The van der Waals surface area contributed by atoms with Crippen LogP contribution in [0.25, 0.3) is 21.8 Å². The lowest BCUT2D eigenvalue weighted by Gasteiger charge is -2.25. The van der Waals surface area contributed by atoms with E-state index in [2.05, 4.69) is 14.5 Å². The molecule has 0 aliphatic carbocycles. The van der Waals surface area contributed by atoms with E-state index in [0.717, 1.165) is 29.0 Å². The molecule has 2 unspecified atom stereocenters. The van der Waals surface area contributed by atoms with Gasteiger partial charge in [-0.25, -0.2) is 21.6 Å². The van der Waals surface area contributed by atoms with Crippen molar-refractivity contribution in [3.63, 3.8) is 0 Å². The minimum Gasteiger partial charge on any atom is -0.458 e. The number of carbonyl (C=O) groups is 1. The zero-order valence-electron chi connectivity index (χ0n) is 30.6. The van der Waals surface area contributed by atoms with E-state index in [1.165, 1.54) is 0 Å². The molecule has 0 spiro atoms. The number of rotatable bonds is 9. The number of hydrogen-bond donors (Lipinski definition) is 2. The molecule has 0 bridgehead atoms. The second-order valence-electron chi connectivity index (χ2n) is 13.3. The summed E-state index contributed by atoms with van der Waals surface area (Å²) in [5.74, 6) is -0.418. The molecule has 2 aromatic heterocycles. The van der Waals surface area contributed by atoms with E-state index in [4.69, 9.17) is 37.5 Å². The van der Waals surface area contributed by atoms with Gasteiger partial charge >= 0.3 is 12.1 Å². The van der Waals surface area contributed by atoms with Gasteiger partial charge in [0, 0.05) is 27.0 Å². The van der Waals surface area contributed by atoms with Gasteiger partial charge in [-0.2, -0.15) is 14.7 Å². The van der Waals surface area contributed by atoms with Crippen molar-refractivity contribution in [1.82, 2.24) is 14.3 Å². The fraction of sp³-hybridized carbons (Fsp3) is 0.237. The predicted molar refractivity (Wildman–Crippen MR) is 214 cm³/mol. The molecule has 0 aliphatic rings. The SMILES string of the molecule is CC(C)(C)OC(=O)C(c1ccc(Cl)cc1)n1ccc2c(NS(C)(=O)=O)cccc21.CC(c1ccc(Cl)cc1)n1ncc2c(NS(C)(=O)=O)cccc21.O=C=O. The number of ether oxygens (including phenoxy) is 1. The van der Waals surface area contributed by atoms with Crippen LogP contribution in [-0.2, 0) is 39.2 Å². The van der Waals surface area contributed by atoms with Crippen molar-refractivity contribution in [2.45, 2.75) is 45.4 Å². The summed E-state index contributed by atoms with van der Waals surface area (Å²) < 4.78 is 60.7. The molecule has 17 heteroatoms. The molecular weight excluding hydrogens is 789 g/mol. The van der Waals surface area contributed by atoms with Crippen LogP contribution in [0, 0.1) is 0 Å². The minimum absolute atomic E-state index is 0.00162. The summed E-state index contributed by atoms with van der Waals surface area (Å²) in [4.78, 5) is 29.4. The van der Waals surface area contributed by atoms with Crippen molar-refractivity contribution in [2.75, 3.05) is 22.0 Å². The van der Waals surface area contributed by atoms with E-state index in [0.29, 0.717) is 37.9 Å². The number of anilines is 2. The molecular formula is C38H39Cl2N5O8S2. The lowest BCUT2D eigenvalue weighted by molar-refractivity contribution is -0.191. The van der Waals surface area contributed by atoms with Crippen LogP contribution in [0.15, 0.2) is 103 Å². The first kappa shape index (κ1) is 42.6. The quantitative estimate of drug-likeness (QED) is 0.139. The number of carbonyl (C=O) groups excluding carboxylic acids is 3. The monoisotopic (exact) mass is 827 g/mol. The Kier molecular flexibility index (Phi) is 13.6. The van der Waals surface area contributed by atoms with E-state index in [1.54, 1.807) is 65.5 Å². The van der Waals surface area contributed by atoms with Crippen molar-refractivity contribution >= 4 is 88.5 Å². The fourth-order valence-electron chi connectivity index (χ4n) is 5.67. The molecule has 2 N–H and O–H groups in total. The van der Waals surface area contributed by atoms with Crippen LogP contribution in [0.1, 0.15) is 50.9 Å². The van der Waals surface area contributed by atoms with Crippen LogP contribution in [-0.4, -0.2) is 61.4 Å². The maximum atomic E-state index is 13.1. The largest absolute Gasteiger partial charge is 0.458 e. The van der Waals surface area contributed by atoms with Crippen LogP contribution in [0.5, 0.6) is 0 Å². The average molecular weight is 829 g/mol. The Hall–Kier alpha value is -5.18. The molecule has 2 heterocycles. The maximum Gasteiger partial charge on any atom is 0.373 e. The third kappa shape index (κ3) is 11.7. The first-order valence-corrected chi connectivity index (χ1v) is 21.0. The Labute approximate surface area is 329 Å². The molecule has 0 aliphatic heterocycles. The normalized spacial score (nSPS) is 12.7. The highest BCUT2D eigenvalue weighted by atomic mass is 35.5. The predicted octanol–water partition coefficient (Wildman–Crippen LogP) is 7.68. The van der Waals surface area contributed by atoms with E-state index >= 15 is 0 Å². The Morgan fingerprint density at radius 3 is 1.71 bits per heavy atom. The minimum atomic E-state index is -3.44. The number of benzene rings is 4. The summed E-state index contributed by atoms with van der Waals surface area (Å²) in [6.07, 6.45) is 5.91. The van der Waals surface area contributed by atoms with Crippen LogP contribution >= 0.6 is 23.2 Å². The highest BCUT2D eigenvalue weighted by molar-refractivity contribution is 7.92. The average Bonchev–Trinajstić information content (AvgIpc) is 3.71. The van der Waals surface area contributed by atoms with Gasteiger partial charge in [-0.1, -0.05) is 59.6 Å². The summed E-state index contributed by atoms with van der Waals surface area (Å²) >= 11 is 11.9. The standard InChI is InChI=1S/C21H23ClN2O4S.C16H16ClN3O2S.CO2/c1-21(2,3)28-20(25)19(14-8-10-15(22)11-9-14)24-13-12-16-17(23-29(4,26)27)6-5-7-18(16)24;1-11(12-6-8-13(17)9-7-12)20-16-5-3-4-15(14(16)10-18-20)19-23(2,21)22;2-1-3/h5-13,19,23H,1-4H3;3-11,19H,1-2H3;. The van der Waals surface area contributed by atoms with Gasteiger partial charge in [0.25, 0.3) is 0 Å². The molecule has 13 nitrogen and oxygen atoms in total. The van der Waals surface area contributed by atoms with Crippen LogP contribution < -0.4 is 9.44 Å². The topological polar surface area (TPSA) is 176 Å². The molecule has 2 atom stereocenters. The lowest BCUT2D eigenvalue weighted by Crippen LogP contribution is -2.30. The van der Waals surface area contributed by atoms with Crippen LogP contribution in [0.4, 0.5) is 11.4 Å². The number of hydrogen-bond acceptors (Lipinski definition) is 9. The van der Waals surface area contributed by atoms with Crippen LogP contribution in [0.3, 0.4) is 0 Å². The summed E-state index contributed by atoms with van der Waals surface area (Å²) in [7, 11) is -6.78. The summed E-state index contributed by atoms with van der Waals surface area (Å²) in [6.45, 7) is 7.47. The van der Waals surface area contributed by atoms with Crippen molar-refractivity contribution in [2.24, 2.45) is 0 Å². The molecule has 290 valence electrons. The number of sulfonamides is 2. The van der Waals surface area contributed by atoms with Gasteiger partial charge in [0.05, 0.1) is 47.2 Å². The van der Waals surface area contributed by atoms with Gasteiger partial charge in [-0.3, -0.25) is 14.1 Å². The number of nitrogens with one attached hydrogen (secondary N) is 2. The summed E-state index contributed by atoms with van der Waals surface area (Å²) in [5, 5.41) is 7.13.